The Kier molecular flexibility index (Phi) is 4.17. The Morgan fingerprint density at radius 3 is 3.00 bits per heavy atom. The lowest BCUT2D eigenvalue weighted by molar-refractivity contribution is 0.349. The lowest BCUT2D eigenvalue weighted by atomic mass is 9.91. The van der Waals surface area contributed by atoms with Gasteiger partial charge in [0.2, 0.25) is 5.88 Å². The Morgan fingerprint density at radius 2 is 2.25 bits per heavy atom. The highest BCUT2D eigenvalue weighted by molar-refractivity contribution is 5.25. The van der Waals surface area contributed by atoms with Crippen LogP contribution in [0.4, 0.5) is 0 Å². The van der Waals surface area contributed by atoms with Crippen LogP contribution in [0.5, 0.6) is 5.88 Å². The van der Waals surface area contributed by atoms with Gasteiger partial charge in [0.25, 0.3) is 0 Å². The van der Waals surface area contributed by atoms with E-state index in [1.165, 1.54) is 37.9 Å². The van der Waals surface area contributed by atoms with Gasteiger partial charge < -0.3 is 10.1 Å². The zero-order valence-corrected chi connectivity index (χ0v) is 9.91. The van der Waals surface area contributed by atoms with Crippen LogP contribution in [-0.2, 0) is 6.42 Å². The van der Waals surface area contributed by atoms with E-state index in [0.717, 1.165) is 18.2 Å². The number of piperidine rings is 1. The third-order valence-electron chi connectivity index (χ3n) is 3.32. The van der Waals surface area contributed by atoms with Crippen LogP contribution in [0.3, 0.4) is 0 Å². The molecule has 0 bridgehead atoms. The van der Waals surface area contributed by atoms with Gasteiger partial charge >= 0.3 is 0 Å². The fourth-order valence-corrected chi connectivity index (χ4v) is 2.33. The van der Waals surface area contributed by atoms with Crippen molar-refractivity contribution in [3.63, 3.8) is 0 Å². The van der Waals surface area contributed by atoms with Gasteiger partial charge in [0.05, 0.1) is 7.11 Å². The number of aryl methyl sites for hydroxylation is 1. The maximum absolute atomic E-state index is 5.26. The fourth-order valence-electron chi connectivity index (χ4n) is 2.33. The minimum atomic E-state index is 0.788. The molecule has 1 aromatic heterocycles. The monoisotopic (exact) mass is 220 g/mol. The first-order valence-electron chi connectivity index (χ1n) is 6.08. The van der Waals surface area contributed by atoms with Crippen molar-refractivity contribution >= 4 is 0 Å². The molecule has 1 aromatic rings. The van der Waals surface area contributed by atoms with Gasteiger partial charge in [-0.25, -0.2) is 4.98 Å². The second-order valence-corrected chi connectivity index (χ2v) is 4.40. The van der Waals surface area contributed by atoms with E-state index in [4.69, 9.17) is 4.74 Å². The zero-order chi connectivity index (χ0) is 11.2. The summed E-state index contributed by atoms with van der Waals surface area (Å²) in [7, 11) is 1.69. The highest BCUT2D eigenvalue weighted by Crippen LogP contribution is 2.22. The second-order valence-electron chi connectivity index (χ2n) is 4.40. The van der Waals surface area contributed by atoms with Crippen LogP contribution in [-0.4, -0.2) is 25.2 Å². The number of hydrogen-bond donors (Lipinski definition) is 1. The van der Waals surface area contributed by atoms with E-state index < -0.39 is 0 Å². The standard InChI is InChI=1S/C13H20N2O/c1-16-13-12(3-2-8-15-13)5-4-11-6-9-14-10-7-11/h2-3,8,11,14H,4-7,9-10H2,1H3. The van der Waals surface area contributed by atoms with Crippen LogP contribution in [0, 0.1) is 5.92 Å². The normalized spacial score (nSPS) is 17.3. The van der Waals surface area contributed by atoms with Gasteiger partial charge in [-0.3, -0.25) is 0 Å². The van der Waals surface area contributed by atoms with E-state index in [0.29, 0.717) is 0 Å². The van der Waals surface area contributed by atoms with Crippen LogP contribution in [0.25, 0.3) is 0 Å². The Labute approximate surface area is 97.2 Å². The molecule has 0 amide bonds. The van der Waals surface area contributed by atoms with E-state index in [9.17, 15) is 0 Å². The highest BCUT2D eigenvalue weighted by Gasteiger charge is 2.13. The van der Waals surface area contributed by atoms with Gasteiger partial charge in [-0.2, -0.15) is 0 Å². The molecule has 1 N–H and O–H groups in total. The molecule has 3 heteroatoms. The van der Waals surface area contributed by atoms with E-state index >= 15 is 0 Å². The largest absolute Gasteiger partial charge is 0.481 e. The Hall–Kier alpha value is -1.09. The summed E-state index contributed by atoms with van der Waals surface area (Å²) >= 11 is 0. The van der Waals surface area contributed by atoms with E-state index in [2.05, 4.69) is 16.4 Å². The first kappa shape index (κ1) is 11.4. The van der Waals surface area contributed by atoms with Crippen molar-refractivity contribution in [3.8, 4) is 5.88 Å². The van der Waals surface area contributed by atoms with Crippen molar-refractivity contribution < 1.29 is 4.74 Å². The number of methoxy groups -OCH3 is 1. The van der Waals surface area contributed by atoms with Crippen LogP contribution in [0.15, 0.2) is 18.3 Å². The third kappa shape index (κ3) is 2.95. The molecule has 1 fully saturated rings. The molecule has 2 rings (SSSR count). The van der Waals surface area contributed by atoms with Gasteiger partial charge in [0.15, 0.2) is 0 Å². The molecule has 0 spiro atoms. The average Bonchev–Trinajstić information content (AvgIpc) is 2.38. The molecule has 2 heterocycles. The molecule has 1 saturated heterocycles. The maximum atomic E-state index is 5.26. The summed E-state index contributed by atoms with van der Waals surface area (Å²) in [6.45, 7) is 2.35. The van der Waals surface area contributed by atoms with Crippen LogP contribution in [0.1, 0.15) is 24.8 Å². The smallest absolute Gasteiger partial charge is 0.216 e. The number of nitrogens with zero attached hydrogens (tertiary/aromatic N) is 1. The van der Waals surface area contributed by atoms with Crippen LogP contribution >= 0.6 is 0 Å². The number of rotatable bonds is 4. The second kappa shape index (κ2) is 5.85. The van der Waals surface area contributed by atoms with Gasteiger partial charge in [-0.1, -0.05) is 6.07 Å². The van der Waals surface area contributed by atoms with Gasteiger partial charge in [0, 0.05) is 11.8 Å². The number of ether oxygens (including phenoxy) is 1. The summed E-state index contributed by atoms with van der Waals surface area (Å²) in [5, 5.41) is 3.40. The topological polar surface area (TPSA) is 34.1 Å². The third-order valence-corrected chi connectivity index (χ3v) is 3.32. The van der Waals surface area contributed by atoms with Crippen molar-refractivity contribution in [2.24, 2.45) is 5.92 Å². The molecule has 0 aromatic carbocycles. The molecule has 3 nitrogen and oxygen atoms in total. The van der Waals surface area contributed by atoms with E-state index in [1.807, 2.05) is 6.07 Å². The minimum absolute atomic E-state index is 0.788. The van der Waals surface area contributed by atoms with Crippen molar-refractivity contribution in [2.45, 2.75) is 25.7 Å². The Bertz CT molecular complexity index is 321. The lowest BCUT2D eigenvalue weighted by Gasteiger charge is -2.22. The SMILES string of the molecule is COc1ncccc1CCC1CCNCC1. The average molecular weight is 220 g/mol. The molecule has 0 radical (unpaired) electrons. The summed E-state index contributed by atoms with van der Waals surface area (Å²) < 4.78 is 5.26. The molecule has 1 aliphatic rings. The molecule has 0 saturated carbocycles. The highest BCUT2D eigenvalue weighted by atomic mass is 16.5. The molecular formula is C13H20N2O. The molecule has 1 aliphatic heterocycles. The zero-order valence-electron chi connectivity index (χ0n) is 9.91. The fraction of sp³-hybridized carbons (Fsp3) is 0.615. The summed E-state index contributed by atoms with van der Waals surface area (Å²) in [6.07, 6.45) is 6.74. The van der Waals surface area contributed by atoms with Gasteiger partial charge in [0.1, 0.15) is 0 Å². The predicted molar refractivity (Wildman–Crippen MR) is 64.7 cm³/mol. The van der Waals surface area contributed by atoms with Crippen LogP contribution in [0.2, 0.25) is 0 Å². The molecular weight excluding hydrogens is 200 g/mol. The van der Waals surface area contributed by atoms with Gasteiger partial charge in [-0.15, -0.1) is 0 Å². The number of nitrogens with one attached hydrogen (secondary N) is 1. The van der Waals surface area contributed by atoms with E-state index in [1.54, 1.807) is 13.3 Å². The molecule has 16 heavy (non-hydrogen) atoms. The predicted octanol–water partition coefficient (Wildman–Crippen LogP) is 2.02. The molecule has 88 valence electrons. The quantitative estimate of drug-likeness (QED) is 0.843. The summed E-state index contributed by atoms with van der Waals surface area (Å²) in [5.41, 5.74) is 1.24. The molecule has 0 aliphatic carbocycles. The Morgan fingerprint density at radius 1 is 1.44 bits per heavy atom. The van der Waals surface area contributed by atoms with Crippen molar-refractivity contribution in [1.29, 1.82) is 0 Å². The first-order chi connectivity index (χ1) is 7.90. The van der Waals surface area contributed by atoms with Crippen LogP contribution < -0.4 is 10.1 Å². The van der Waals surface area contributed by atoms with E-state index in [-0.39, 0.29) is 0 Å². The van der Waals surface area contributed by atoms with Gasteiger partial charge in [-0.05, 0) is 50.8 Å². The van der Waals surface area contributed by atoms with Crippen molar-refractivity contribution in [1.82, 2.24) is 10.3 Å². The van der Waals surface area contributed by atoms with Crippen molar-refractivity contribution in [3.05, 3.63) is 23.9 Å². The number of hydrogen-bond acceptors (Lipinski definition) is 3. The summed E-state index contributed by atoms with van der Waals surface area (Å²) in [4.78, 5) is 4.23. The minimum Gasteiger partial charge on any atom is -0.481 e. The first-order valence-corrected chi connectivity index (χ1v) is 6.08. The lowest BCUT2D eigenvalue weighted by Crippen LogP contribution is -2.27. The molecule has 0 atom stereocenters. The maximum Gasteiger partial charge on any atom is 0.216 e. The Balaban J connectivity index is 1.88. The molecule has 0 unspecified atom stereocenters. The summed E-state index contributed by atoms with van der Waals surface area (Å²) in [6, 6.07) is 4.10. The number of aromatic nitrogens is 1. The summed E-state index contributed by atoms with van der Waals surface area (Å²) in [5.74, 6) is 1.66. The van der Waals surface area contributed by atoms with Crippen molar-refractivity contribution in [2.75, 3.05) is 20.2 Å². The number of pyridine rings is 1.